The summed E-state index contributed by atoms with van der Waals surface area (Å²) in [5.74, 6) is -5.40. The number of halogens is 3. The number of alkyl halides is 2. The first-order valence-corrected chi connectivity index (χ1v) is 5.40. The summed E-state index contributed by atoms with van der Waals surface area (Å²) in [6.07, 6.45) is 0. The van der Waals surface area contributed by atoms with E-state index in [1.807, 2.05) is 5.32 Å². The summed E-state index contributed by atoms with van der Waals surface area (Å²) in [6.45, 7) is 0. The molecule has 0 aromatic heterocycles. The van der Waals surface area contributed by atoms with E-state index in [1.165, 1.54) is 0 Å². The van der Waals surface area contributed by atoms with Gasteiger partial charge in [0.05, 0.1) is 16.1 Å². The van der Waals surface area contributed by atoms with E-state index in [4.69, 9.17) is 0 Å². The number of hydrogen-bond acceptors (Lipinski definition) is 3. The molecule has 0 aliphatic carbocycles. The summed E-state index contributed by atoms with van der Waals surface area (Å²) in [4.78, 5) is 9.91. The van der Waals surface area contributed by atoms with Crippen LogP contribution in [0.4, 0.5) is 18.4 Å². The first kappa shape index (κ1) is 10.9. The van der Waals surface area contributed by atoms with Gasteiger partial charge in [-0.15, -0.1) is 3.89 Å². The molecule has 0 spiro atoms. The highest BCUT2D eigenvalue weighted by Gasteiger charge is 2.48. The van der Waals surface area contributed by atoms with E-state index < -0.39 is 32.5 Å². The lowest BCUT2D eigenvalue weighted by molar-refractivity contribution is -0.139. The molecule has 1 aromatic rings. The van der Waals surface area contributed by atoms with Crippen LogP contribution in [0.15, 0.2) is 23.1 Å². The Morgan fingerprint density at radius 2 is 1.88 bits per heavy atom. The minimum Gasteiger partial charge on any atom is -0.320 e. The highest BCUT2D eigenvalue weighted by Crippen LogP contribution is 2.41. The predicted octanol–water partition coefficient (Wildman–Crippen LogP) is 1.39. The van der Waals surface area contributed by atoms with E-state index in [0.29, 0.717) is 6.07 Å². The molecule has 0 bridgehead atoms. The van der Waals surface area contributed by atoms with Gasteiger partial charge in [0.2, 0.25) is 0 Å². The lowest BCUT2D eigenvalue weighted by atomic mass is 10.1. The Morgan fingerprint density at radius 1 is 1.25 bits per heavy atom. The standard InChI is InChI=1S/C8H4F3NO3S/c9-8(10)5-3-4(16(11,14)15)1-2-6(5)12-7(8)13/h1-3H,(H,12,13). The van der Waals surface area contributed by atoms with Crippen molar-refractivity contribution in [3.05, 3.63) is 23.8 Å². The Morgan fingerprint density at radius 3 is 2.44 bits per heavy atom. The zero-order valence-electron chi connectivity index (χ0n) is 7.50. The molecule has 0 radical (unpaired) electrons. The molecule has 4 nitrogen and oxygen atoms in total. The maximum absolute atomic E-state index is 13.2. The van der Waals surface area contributed by atoms with Gasteiger partial charge in [0.15, 0.2) is 0 Å². The monoisotopic (exact) mass is 251 g/mol. The highest BCUT2D eigenvalue weighted by atomic mass is 32.3. The van der Waals surface area contributed by atoms with E-state index in [-0.39, 0.29) is 5.69 Å². The van der Waals surface area contributed by atoms with Crippen LogP contribution >= 0.6 is 0 Å². The van der Waals surface area contributed by atoms with Crippen LogP contribution in [-0.4, -0.2) is 14.3 Å². The molecule has 86 valence electrons. The topological polar surface area (TPSA) is 63.2 Å². The summed E-state index contributed by atoms with van der Waals surface area (Å²) in [5, 5.41) is 1.86. The second-order valence-electron chi connectivity index (χ2n) is 3.17. The summed E-state index contributed by atoms with van der Waals surface area (Å²) in [7, 11) is -5.06. The molecule has 8 heteroatoms. The molecular formula is C8H4F3NO3S. The molecule has 0 saturated heterocycles. The molecule has 0 saturated carbocycles. The zero-order chi connectivity index (χ0) is 12.1. The van der Waals surface area contributed by atoms with Gasteiger partial charge in [-0.2, -0.15) is 17.2 Å². The van der Waals surface area contributed by atoms with Crippen LogP contribution in [0.3, 0.4) is 0 Å². The second-order valence-corrected chi connectivity index (χ2v) is 4.52. The van der Waals surface area contributed by atoms with Crippen LogP contribution in [0.5, 0.6) is 0 Å². The number of rotatable bonds is 1. The van der Waals surface area contributed by atoms with E-state index in [1.54, 1.807) is 0 Å². The number of carbonyl (C=O) groups excluding carboxylic acids is 1. The minimum absolute atomic E-state index is 0.220. The first-order valence-electron chi connectivity index (χ1n) is 4.01. The van der Waals surface area contributed by atoms with E-state index in [2.05, 4.69) is 0 Å². The molecule has 1 aliphatic heterocycles. The van der Waals surface area contributed by atoms with E-state index >= 15 is 0 Å². The molecular weight excluding hydrogens is 247 g/mol. The average Bonchev–Trinajstić information content (AvgIpc) is 2.37. The van der Waals surface area contributed by atoms with Gasteiger partial charge >= 0.3 is 16.1 Å². The quantitative estimate of drug-likeness (QED) is 0.767. The van der Waals surface area contributed by atoms with Crippen LogP contribution < -0.4 is 5.32 Å². The summed E-state index contributed by atoms with van der Waals surface area (Å²) >= 11 is 0. The molecule has 1 amide bonds. The maximum Gasteiger partial charge on any atom is 0.352 e. The van der Waals surface area contributed by atoms with Crippen molar-refractivity contribution >= 4 is 21.8 Å². The summed E-state index contributed by atoms with van der Waals surface area (Å²) in [5.41, 5.74) is -1.06. The summed E-state index contributed by atoms with van der Waals surface area (Å²) < 4.78 is 59.9. The molecule has 1 aromatic carbocycles. The molecule has 16 heavy (non-hydrogen) atoms. The van der Waals surface area contributed by atoms with Gasteiger partial charge in [0, 0.05) is 0 Å². The number of nitrogens with one attached hydrogen (secondary N) is 1. The third kappa shape index (κ3) is 1.45. The van der Waals surface area contributed by atoms with Crippen molar-refractivity contribution in [2.75, 3.05) is 5.32 Å². The molecule has 0 fully saturated rings. The third-order valence-corrected chi connectivity index (χ3v) is 2.96. The Bertz CT molecular complexity index is 582. The normalized spacial score (nSPS) is 18.1. The average molecular weight is 251 g/mol. The van der Waals surface area contributed by atoms with Gasteiger partial charge < -0.3 is 5.32 Å². The van der Waals surface area contributed by atoms with Crippen molar-refractivity contribution in [1.29, 1.82) is 0 Å². The summed E-state index contributed by atoms with van der Waals surface area (Å²) in [6, 6.07) is 2.17. The van der Waals surface area contributed by atoms with E-state index in [0.717, 1.165) is 12.1 Å². The van der Waals surface area contributed by atoms with Crippen LogP contribution in [0.2, 0.25) is 0 Å². The number of anilines is 1. The fourth-order valence-electron chi connectivity index (χ4n) is 1.37. The number of amides is 1. The lowest BCUT2D eigenvalue weighted by Gasteiger charge is -2.06. The highest BCUT2D eigenvalue weighted by molar-refractivity contribution is 7.86. The van der Waals surface area contributed by atoms with Crippen LogP contribution in [-0.2, 0) is 20.9 Å². The fourth-order valence-corrected chi connectivity index (χ4v) is 1.86. The van der Waals surface area contributed by atoms with Crippen molar-refractivity contribution in [1.82, 2.24) is 0 Å². The molecule has 1 N–H and O–H groups in total. The van der Waals surface area contributed by atoms with Gasteiger partial charge in [0.1, 0.15) is 0 Å². The van der Waals surface area contributed by atoms with Gasteiger partial charge in [-0.05, 0) is 18.2 Å². The molecule has 0 atom stereocenters. The van der Waals surface area contributed by atoms with Crippen molar-refractivity contribution in [2.24, 2.45) is 0 Å². The maximum atomic E-state index is 13.2. The largest absolute Gasteiger partial charge is 0.352 e. The number of carbonyl (C=O) groups is 1. The molecule has 0 unspecified atom stereocenters. The molecule has 2 rings (SSSR count). The molecule has 1 aliphatic rings. The van der Waals surface area contributed by atoms with E-state index in [9.17, 15) is 25.9 Å². The van der Waals surface area contributed by atoms with Crippen molar-refractivity contribution in [3.63, 3.8) is 0 Å². The third-order valence-electron chi connectivity index (χ3n) is 2.14. The minimum atomic E-state index is -5.06. The van der Waals surface area contributed by atoms with Crippen molar-refractivity contribution in [3.8, 4) is 0 Å². The van der Waals surface area contributed by atoms with Gasteiger partial charge in [0.25, 0.3) is 5.91 Å². The molecule has 1 heterocycles. The predicted molar refractivity (Wildman–Crippen MR) is 47.3 cm³/mol. The lowest BCUT2D eigenvalue weighted by Crippen LogP contribution is -2.23. The van der Waals surface area contributed by atoms with Crippen LogP contribution in [0, 0.1) is 0 Å². The Kier molecular flexibility index (Phi) is 2.03. The van der Waals surface area contributed by atoms with Gasteiger partial charge in [-0.25, -0.2) is 0 Å². The van der Waals surface area contributed by atoms with Crippen LogP contribution in [0.1, 0.15) is 5.56 Å². The Hall–Kier alpha value is -1.57. The number of hydrogen-bond donors (Lipinski definition) is 1. The fraction of sp³-hybridized carbons (Fsp3) is 0.125. The Balaban J connectivity index is 2.66. The van der Waals surface area contributed by atoms with Gasteiger partial charge in [-0.3, -0.25) is 4.79 Å². The van der Waals surface area contributed by atoms with Crippen LogP contribution in [0.25, 0.3) is 0 Å². The van der Waals surface area contributed by atoms with Gasteiger partial charge in [-0.1, -0.05) is 0 Å². The number of benzene rings is 1. The smallest absolute Gasteiger partial charge is 0.320 e. The first-order chi connectivity index (χ1) is 7.23. The second kappa shape index (κ2) is 2.97. The SMILES string of the molecule is O=C1Nc2ccc(S(=O)(=O)F)cc2C1(F)F. The number of fused-ring (bicyclic) bond motifs is 1. The van der Waals surface area contributed by atoms with Crippen molar-refractivity contribution in [2.45, 2.75) is 10.8 Å². The van der Waals surface area contributed by atoms with Crippen molar-refractivity contribution < 1.29 is 25.9 Å². The Labute approximate surface area is 88.3 Å². The zero-order valence-corrected chi connectivity index (χ0v) is 8.32.